The fourth-order valence-electron chi connectivity index (χ4n) is 2.28. The van der Waals surface area contributed by atoms with Crippen LogP contribution >= 0.6 is 0 Å². The number of hydrogen-bond acceptors (Lipinski definition) is 3. The van der Waals surface area contributed by atoms with Crippen LogP contribution in [0.2, 0.25) is 0 Å². The quantitative estimate of drug-likeness (QED) is 0.882. The van der Waals surface area contributed by atoms with Crippen molar-refractivity contribution < 1.29 is 23.1 Å². The molecule has 1 aromatic heterocycles. The van der Waals surface area contributed by atoms with Gasteiger partial charge in [0.05, 0.1) is 12.1 Å². The Kier molecular flexibility index (Phi) is 4.32. The molecule has 8 heteroatoms. The van der Waals surface area contributed by atoms with E-state index in [2.05, 4.69) is 10.4 Å². The van der Waals surface area contributed by atoms with E-state index in [9.17, 15) is 23.1 Å². The summed E-state index contributed by atoms with van der Waals surface area (Å²) in [7, 11) is 0. The summed E-state index contributed by atoms with van der Waals surface area (Å²) in [4.78, 5) is 11.7. The van der Waals surface area contributed by atoms with E-state index < -0.39 is 23.9 Å². The van der Waals surface area contributed by atoms with E-state index in [0.29, 0.717) is 12.8 Å². The smallest absolute Gasteiger partial charge is 0.391 e. The van der Waals surface area contributed by atoms with Crippen molar-refractivity contribution in [3.8, 4) is 0 Å². The van der Waals surface area contributed by atoms with Gasteiger partial charge in [0.1, 0.15) is 6.54 Å². The predicted octanol–water partition coefficient (Wildman–Crippen LogP) is 1.32. The van der Waals surface area contributed by atoms with E-state index >= 15 is 0 Å². The second kappa shape index (κ2) is 5.82. The van der Waals surface area contributed by atoms with Crippen molar-refractivity contribution in [2.24, 2.45) is 0 Å². The van der Waals surface area contributed by atoms with E-state index in [1.54, 1.807) is 0 Å². The maximum Gasteiger partial charge on any atom is 0.435 e. The molecule has 2 unspecified atom stereocenters. The molecule has 1 aliphatic carbocycles. The largest absolute Gasteiger partial charge is 0.435 e. The Hall–Kier alpha value is -1.57. The molecule has 1 aliphatic rings. The standard InChI is InChI=1S/C12H16F3N3O2/c13-12(14,15)10-5-6-18(17-10)7-11(20)16-8-3-1-2-4-9(8)19/h5-6,8-9,19H,1-4,7H2,(H,16,20). The molecule has 5 nitrogen and oxygen atoms in total. The normalized spacial score (nSPS) is 23.6. The van der Waals surface area contributed by atoms with Gasteiger partial charge in [0.15, 0.2) is 5.69 Å². The number of alkyl halides is 3. The Bertz CT molecular complexity index is 473. The number of hydrogen-bond donors (Lipinski definition) is 2. The Balaban J connectivity index is 1.89. The first-order valence-corrected chi connectivity index (χ1v) is 6.44. The van der Waals surface area contributed by atoms with Crippen LogP contribution in [0.1, 0.15) is 31.4 Å². The zero-order valence-corrected chi connectivity index (χ0v) is 10.7. The van der Waals surface area contributed by atoms with Crippen molar-refractivity contribution in [2.75, 3.05) is 0 Å². The average molecular weight is 291 g/mol. The van der Waals surface area contributed by atoms with E-state index in [4.69, 9.17) is 0 Å². The van der Waals surface area contributed by atoms with Crippen molar-refractivity contribution in [1.82, 2.24) is 15.1 Å². The molecule has 0 bridgehead atoms. The van der Waals surface area contributed by atoms with Crippen molar-refractivity contribution >= 4 is 5.91 Å². The molecule has 1 aromatic rings. The number of halogens is 3. The second-order valence-corrected chi connectivity index (χ2v) is 4.92. The molecule has 0 radical (unpaired) electrons. The van der Waals surface area contributed by atoms with Gasteiger partial charge in [-0.25, -0.2) is 0 Å². The van der Waals surface area contributed by atoms with Gasteiger partial charge in [-0.2, -0.15) is 18.3 Å². The minimum absolute atomic E-state index is 0.292. The number of rotatable bonds is 3. The summed E-state index contributed by atoms with van der Waals surface area (Å²) in [5.74, 6) is -0.451. The Morgan fingerprint density at radius 1 is 1.45 bits per heavy atom. The Morgan fingerprint density at radius 2 is 2.15 bits per heavy atom. The van der Waals surface area contributed by atoms with Crippen LogP contribution in [0.5, 0.6) is 0 Å². The average Bonchev–Trinajstić information content (AvgIpc) is 2.80. The monoisotopic (exact) mass is 291 g/mol. The van der Waals surface area contributed by atoms with Gasteiger partial charge in [0.25, 0.3) is 0 Å². The van der Waals surface area contributed by atoms with Crippen LogP contribution < -0.4 is 5.32 Å². The zero-order chi connectivity index (χ0) is 14.8. The maximum atomic E-state index is 12.4. The number of carbonyl (C=O) groups is 1. The van der Waals surface area contributed by atoms with Crippen molar-refractivity contribution in [2.45, 2.75) is 50.6 Å². The number of amides is 1. The van der Waals surface area contributed by atoms with Crippen LogP contribution in [0, 0.1) is 0 Å². The second-order valence-electron chi connectivity index (χ2n) is 4.92. The number of carbonyl (C=O) groups excluding carboxylic acids is 1. The first-order chi connectivity index (χ1) is 9.36. The van der Waals surface area contributed by atoms with Crippen LogP contribution in [0.25, 0.3) is 0 Å². The molecular formula is C12H16F3N3O2. The lowest BCUT2D eigenvalue weighted by atomic mass is 9.92. The maximum absolute atomic E-state index is 12.4. The molecule has 0 aliphatic heterocycles. The summed E-state index contributed by atoms with van der Waals surface area (Å²) in [5, 5.41) is 15.6. The molecule has 1 amide bonds. The molecule has 2 atom stereocenters. The van der Waals surface area contributed by atoms with Gasteiger partial charge in [-0.1, -0.05) is 12.8 Å². The highest BCUT2D eigenvalue weighted by Gasteiger charge is 2.33. The summed E-state index contributed by atoms with van der Waals surface area (Å²) in [6.07, 6.45) is -0.842. The summed E-state index contributed by atoms with van der Waals surface area (Å²) < 4.78 is 38.0. The molecule has 0 spiro atoms. The van der Waals surface area contributed by atoms with Gasteiger partial charge >= 0.3 is 6.18 Å². The first-order valence-electron chi connectivity index (χ1n) is 6.44. The number of nitrogens with one attached hydrogen (secondary N) is 1. The van der Waals surface area contributed by atoms with Gasteiger partial charge < -0.3 is 10.4 Å². The van der Waals surface area contributed by atoms with Crippen LogP contribution in [-0.4, -0.2) is 32.9 Å². The molecule has 0 aromatic carbocycles. The molecule has 0 saturated heterocycles. The predicted molar refractivity (Wildman–Crippen MR) is 63.6 cm³/mol. The Morgan fingerprint density at radius 3 is 2.75 bits per heavy atom. The number of aliphatic hydroxyl groups excluding tert-OH is 1. The summed E-state index contributed by atoms with van der Waals surface area (Å²) in [5.41, 5.74) is -1.02. The fraction of sp³-hybridized carbons (Fsp3) is 0.667. The molecule has 1 saturated carbocycles. The summed E-state index contributed by atoms with van der Waals surface area (Å²) >= 11 is 0. The van der Waals surface area contributed by atoms with E-state index in [-0.39, 0.29) is 12.6 Å². The van der Waals surface area contributed by atoms with Crippen LogP contribution in [0.15, 0.2) is 12.3 Å². The molecule has 20 heavy (non-hydrogen) atoms. The van der Waals surface area contributed by atoms with Crippen molar-refractivity contribution in [1.29, 1.82) is 0 Å². The fourth-order valence-corrected chi connectivity index (χ4v) is 2.28. The van der Waals surface area contributed by atoms with Crippen molar-refractivity contribution in [3.63, 3.8) is 0 Å². The topological polar surface area (TPSA) is 67.2 Å². The van der Waals surface area contributed by atoms with E-state index in [1.165, 1.54) is 0 Å². The molecule has 1 heterocycles. The van der Waals surface area contributed by atoms with Crippen LogP contribution in [-0.2, 0) is 17.5 Å². The third kappa shape index (κ3) is 3.72. The molecule has 2 N–H and O–H groups in total. The molecule has 1 fully saturated rings. The lowest BCUT2D eigenvalue weighted by Gasteiger charge is -2.28. The first kappa shape index (κ1) is 14.8. The number of aliphatic hydroxyl groups is 1. The number of nitrogens with zero attached hydrogens (tertiary/aromatic N) is 2. The Labute approximate surface area is 113 Å². The van der Waals surface area contributed by atoms with E-state index in [0.717, 1.165) is 29.8 Å². The summed E-state index contributed by atoms with van der Waals surface area (Å²) in [6.45, 7) is -0.292. The third-order valence-corrected chi connectivity index (χ3v) is 3.31. The summed E-state index contributed by atoms with van der Waals surface area (Å²) in [6, 6.07) is 0.497. The molecule has 112 valence electrons. The SMILES string of the molecule is O=C(Cn1ccc(C(F)(F)F)n1)NC1CCCCC1O. The zero-order valence-electron chi connectivity index (χ0n) is 10.7. The highest BCUT2D eigenvalue weighted by Crippen LogP contribution is 2.27. The van der Waals surface area contributed by atoms with Gasteiger partial charge in [-0.15, -0.1) is 0 Å². The number of aromatic nitrogens is 2. The van der Waals surface area contributed by atoms with Crippen molar-refractivity contribution in [3.05, 3.63) is 18.0 Å². The van der Waals surface area contributed by atoms with E-state index in [1.807, 2.05) is 0 Å². The lowest BCUT2D eigenvalue weighted by molar-refractivity contribution is -0.141. The molecular weight excluding hydrogens is 275 g/mol. The van der Waals surface area contributed by atoms with Gasteiger partial charge in [0, 0.05) is 6.20 Å². The highest BCUT2D eigenvalue weighted by molar-refractivity contribution is 5.76. The van der Waals surface area contributed by atoms with Crippen LogP contribution in [0.3, 0.4) is 0 Å². The third-order valence-electron chi connectivity index (χ3n) is 3.31. The minimum atomic E-state index is -4.51. The lowest BCUT2D eigenvalue weighted by Crippen LogP contribution is -2.46. The van der Waals surface area contributed by atoms with Gasteiger partial charge in [-0.05, 0) is 18.9 Å². The van der Waals surface area contributed by atoms with Gasteiger partial charge in [0.2, 0.25) is 5.91 Å². The minimum Gasteiger partial charge on any atom is -0.391 e. The van der Waals surface area contributed by atoms with Crippen LogP contribution in [0.4, 0.5) is 13.2 Å². The highest BCUT2D eigenvalue weighted by atomic mass is 19.4. The van der Waals surface area contributed by atoms with Gasteiger partial charge in [-0.3, -0.25) is 9.48 Å². The molecule has 2 rings (SSSR count).